The molecule has 5 nitrogen and oxygen atoms in total. The summed E-state index contributed by atoms with van der Waals surface area (Å²) in [6, 6.07) is 8.52. The second kappa shape index (κ2) is 8.44. The molecule has 0 bridgehead atoms. The van der Waals surface area contributed by atoms with Gasteiger partial charge in [-0.1, -0.05) is 18.2 Å². The van der Waals surface area contributed by atoms with Crippen molar-refractivity contribution >= 4 is 16.8 Å². The van der Waals surface area contributed by atoms with Crippen molar-refractivity contribution in [1.29, 1.82) is 0 Å². The predicted octanol–water partition coefficient (Wildman–Crippen LogP) is 2.77. The van der Waals surface area contributed by atoms with Gasteiger partial charge in [-0.2, -0.15) is 0 Å². The fraction of sp³-hybridized carbons (Fsp3) is 0.591. The van der Waals surface area contributed by atoms with Gasteiger partial charge in [0.15, 0.2) is 0 Å². The first kappa shape index (κ1) is 18.5. The highest BCUT2D eigenvalue weighted by atomic mass is 16.5. The maximum Gasteiger partial charge on any atom is 0.242 e. The van der Waals surface area contributed by atoms with E-state index in [1.54, 1.807) is 0 Å². The number of benzene rings is 1. The second-order valence-electron chi connectivity index (χ2n) is 8.08. The summed E-state index contributed by atoms with van der Waals surface area (Å²) in [5.41, 5.74) is 2.57. The highest BCUT2D eigenvalue weighted by Gasteiger charge is 2.20. The molecule has 0 atom stereocenters. The Morgan fingerprint density at radius 3 is 2.63 bits per heavy atom. The summed E-state index contributed by atoms with van der Waals surface area (Å²) in [6.45, 7) is 5.59. The summed E-state index contributed by atoms with van der Waals surface area (Å²) >= 11 is 0. The van der Waals surface area contributed by atoms with Crippen molar-refractivity contribution in [3.05, 3.63) is 36.0 Å². The topological polar surface area (TPSA) is 37.7 Å². The van der Waals surface area contributed by atoms with Gasteiger partial charge in [0.05, 0.1) is 13.2 Å². The minimum absolute atomic E-state index is 0.195. The number of piperidine rings is 1. The van der Waals surface area contributed by atoms with Gasteiger partial charge in [-0.05, 0) is 63.4 Å². The number of aromatic nitrogens is 1. The number of aryl methyl sites for hydroxylation is 1. The van der Waals surface area contributed by atoms with Gasteiger partial charge in [0.1, 0.15) is 6.54 Å². The Balaban J connectivity index is 1.46. The van der Waals surface area contributed by atoms with E-state index >= 15 is 0 Å². The number of amides is 1. The van der Waals surface area contributed by atoms with Gasteiger partial charge in [-0.3, -0.25) is 4.79 Å². The fourth-order valence-electron chi connectivity index (χ4n) is 4.42. The fourth-order valence-corrected chi connectivity index (χ4v) is 4.42. The molecule has 27 heavy (non-hydrogen) atoms. The smallest absolute Gasteiger partial charge is 0.242 e. The van der Waals surface area contributed by atoms with E-state index < -0.39 is 0 Å². The number of carbonyl (C=O) groups excluding carboxylic acids is 1. The Morgan fingerprint density at radius 1 is 1.11 bits per heavy atom. The van der Waals surface area contributed by atoms with E-state index in [4.69, 9.17) is 4.74 Å². The number of hydrogen-bond donors (Lipinski definition) is 0. The van der Waals surface area contributed by atoms with E-state index in [-0.39, 0.29) is 5.91 Å². The van der Waals surface area contributed by atoms with Crippen LogP contribution in [-0.4, -0.2) is 66.7 Å². The van der Waals surface area contributed by atoms with E-state index in [1.165, 1.54) is 48.8 Å². The molecule has 1 aromatic carbocycles. The van der Waals surface area contributed by atoms with Crippen LogP contribution in [0, 0.1) is 5.92 Å². The van der Waals surface area contributed by atoms with Crippen LogP contribution in [0.2, 0.25) is 0 Å². The van der Waals surface area contributed by atoms with Gasteiger partial charge < -0.3 is 19.1 Å². The lowest BCUT2D eigenvalue weighted by Gasteiger charge is -2.28. The highest BCUT2D eigenvalue weighted by Crippen LogP contribution is 2.27. The Morgan fingerprint density at radius 2 is 1.85 bits per heavy atom. The molecule has 0 radical (unpaired) electrons. The molecule has 4 rings (SSSR count). The molecule has 2 aliphatic heterocycles. The molecule has 2 aromatic rings. The average Bonchev–Trinajstić information content (AvgIpc) is 3.06. The molecule has 1 amide bonds. The van der Waals surface area contributed by atoms with Gasteiger partial charge in [-0.15, -0.1) is 0 Å². The lowest BCUT2D eigenvalue weighted by molar-refractivity contribution is -0.135. The monoisotopic (exact) mass is 369 g/mol. The van der Waals surface area contributed by atoms with E-state index in [9.17, 15) is 4.79 Å². The van der Waals surface area contributed by atoms with Crippen LogP contribution in [0.3, 0.4) is 0 Å². The predicted molar refractivity (Wildman–Crippen MR) is 108 cm³/mol. The first-order chi connectivity index (χ1) is 13.2. The van der Waals surface area contributed by atoms with Crippen LogP contribution in [0.4, 0.5) is 0 Å². The van der Waals surface area contributed by atoms with Gasteiger partial charge in [0.25, 0.3) is 0 Å². The first-order valence-electron chi connectivity index (χ1n) is 10.3. The minimum atomic E-state index is 0.195. The van der Waals surface area contributed by atoms with Crippen molar-refractivity contribution in [2.75, 3.05) is 46.4 Å². The molecular formula is C22H31N3O2. The number of nitrogens with zero attached hydrogens (tertiary/aromatic N) is 3. The lowest BCUT2D eigenvalue weighted by atomic mass is 9.91. The molecule has 0 unspecified atom stereocenters. The van der Waals surface area contributed by atoms with E-state index in [0.29, 0.717) is 32.8 Å². The number of carbonyl (C=O) groups is 1. The number of fused-ring (bicyclic) bond motifs is 1. The zero-order valence-electron chi connectivity index (χ0n) is 16.4. The second-order valence-corrected chi connectivity index (χ2v) is 8.08. The molecular weight excluding hydrogens is 338 g/mol. The van der Waals surface area contributed by atoms with Crippen LogP contribution in [0.1, 0.15) is 24.8 Å². The molecule has 1 aromatic heterocycles. The summed E-state index contributed by atoms with van der Waals surface area (Å²) in [6.07, 6.45) is 7.19. The average molecular weight is 370 g/mol. The Labute approximate surface area is 161 Å². The number of rotatable bonds is 5. The van der Waals surface area contributed by atoms with E-state index in [1.807, 2.05) is 4.90 Å². The molecule has 0 saturated carbocycles. The minimum Gasteiger partial charge on any atom is -0.378 e. The molecule has 2 saturated heterocycles. The maximum absolute atomic E-state index is 12.7. The van der Waals surface area contributed by atoms with Crippen molar-refractivity contribution in [2.45, 2.75) is 32.2 Å². The molecule has 3 heterocycles. The van der Waals surface area contributed by atoms with Crippen molar-refractivity contribution in [3.63, 3.8) is 0 Å². The number of morpholine rings is 1. The molecule has 146 valence electrons. The summed E-state index contributed by atoms with van der Waals surface area (Å²) in [7, 11) is 2.22. The molecule has 0 spiro atoms. The van der Waals surface area contributed by atoms with Gasteiger partial charge >= 0.3 is 0 Å². The van der Waals surface area contributed by atoms with Crippen LogP contribution < -0.4 is 0 Å². The highest BCUT2D eigenvalue weighted by molar-refractivity contribution is 5.86. The van der Waals surface area contributed by atoms with Gasteiger partial charge in [0.2, 0.25) is 5.91 Å². The Kier molecular flexibility index (Phi) is 5.79. The molecule has 2 aliphatic rings. The van der Waals surface area contributed by atoms with Gasteiger partial charge in [-0.25, -0.2) is 0 Å². The third-order valence-corrected chi connectivity index (χ3v) is 6.20. The number of ether oxygens (including phenoxy) is 1. The lowest BCUT2D eigenvalue weighted by Crippen LogP contribution is -2.42. The normalized spacial score (nSPS) is 19.7. The Bertz CT molecular complexity index is 771. The van der Waals surface area contributed by atoms with E-state index in [2.05, 4.69) is 47.0 Å². The largest absolute Gasteiger partial charge is 0.378 e. The Hall–Kier alpha value is -1.85. The zero-order valence-corrected chi connectivity index (χ0v) is 16.4. The summed E-state index contributed by atoms with van der Waals surface area (Å²) < 4.78 is 7.52. The summed E-state index contributed by atoms with van der Waals surface area (Å²) in [5.74, 6) is 1.03. The van der Waals surface area contributed by atoms with Crippen LogP contribution in [0.15, 0.2) is 30.5 Å². The number of para-hydroxylation sites is 1. The van der Waals surface area contributed by atoms with Gasteiger partial charge in [0, 0.05) is 30.2 Å². The van der Waals surface area contributed by atoms with Crippen molar-refractivity contribution in [2.24, 2.45) is 5.92 Å². The van der Waals surface area contributed by atoms with Crippen molar-refractivity contribution in [3.8, 4) is 0 Å². The zero-order chi connectivity index (χ0) is 18.6. The van der Waals surface area contributed by atoms with Crippen molar-refractivity contribution in [1.82, 2.24) is 14.4 Å². The first-order valence-corrected chi connectivity index (χ1v) is 10.3. The summed E-state index contributed by atoms with van der Waals surface area (Å²) in [4.78, 5) is 17.1. The van der Waals surface area contributed by atoms with Crippen LogP contribution in [-0.2, 0) is 22.5 Å². The molecule has 0 aliphatic carbocycles. The standard InChI is InChI=1S/C22H31N3O2/c1-23-10-8-18(9-11-23)6-7-19-16-25(21-5-3-2-4-20(19)21)17-22(26)24-12-14-27-15-13-24/h2-5,16,18H,6-15,17H2,1H3. The molecule has 0 N–H and O–H groups in total. The third kappa shape index (κ3) is 4.36. The maximum atomic E-state index is 12.7. The third-order valence-electron chi connectivity index (χ3n) is 6.20. The SMILES string of the molecule is CN1CCC(CCc2cn(CC(=O)N3CCOCC3)c3ccccc23)CC1. The van der Waals surface area contributed by atoms with Crippen molar-refractivity contribution < 1.29 is 9.53 Å². The number of likely N-dealkylation sites (tertiary alicyclic amines) is 1. The van der Waals surface area contributed by atoms with E-state index in [0.717, 1.165) is 12.3 Å². The van der Waals surface area contributed by atoms with Crippen LogP contribution in [0.25, 0.3) is 10.9 Å². The molecule has 5 heteroatoms. The summed E-state index contributed by atoms with van der Waals surface area (Å²) in [5, 5.41) is 1.31. The quantitative estimate of drug-likeness (QED) is 0.813. The van der Waals surface area contributed by atoms with Crippen LogP contribution in [0.5, 0.6) is 0 Å². The molecule has 2 fully saturated rings. The van der Waals surface area contributed by atoms with Crippen LogP contribution >= 0.6 is 0 Å². The number of hydrogen-bond acceptors (Lipinski definition) is 3.